The number of methoxy groups -OCH3 is 1. The van der Waals surface area contributed by atoms with Crippen LogP contribution in [0.3, 0.4) is 0 Å². The molecule has 4 nitrogen and oxygen atoms in total. The summed E-state index contributed by atoms with van der Waals surface area (Å²) in [6, 6.07) is 5.17. The van der Waals surface area contributed by atoms with E-state index in [0.29, 0.717) is 22.5 Å². The van der Waals surface area contributed by atoms with Crippen LogP contribution in [-0.4, -0.2) is 39.0 Å². The van der Waals surface area contributed by atoms with Crippen LogP contribution in [0.5, 0.6) is 0 Å². The minimum atomic E-state index is -3.45. The molecular formula is C12H15Br2NO3S. The number of ether oxygens (including phenoxy) is 1. The Balaban J connectivity index is 2.26. The minimum absolute atomic E-state index is 0.164. The van der Waals surface area contributed by atoms with Crippen molar-refractivity contribution in [3.8, 4) is 0 Å². The molecule has 0 spiro atoms. The van der Waals surface area contributed by atoms with E-state index in [1.54, 1.807) is 25.3 Å². The van der Waals surface area contributed by atoms with Gasteiger partial charge in [-0.1, -0.05) is 15.9 Å². The van der Waals surface area contributed by atoms with Crippen LogP contribution in [-0.2, 0) is 14.8 Å². The average Bonchev–Trinajstić information content (AvgIpc) is 2.41. The number of rotatable bonds is 3. The molecule has 1 aliphatic heterocycles. The van der Waals surface area contributed by atoms with Crippen LogP contribution in [0.4, 0.5) is 0 Å². The van der Waals surface area contributed by atoms with Gasteiger partial charge in [0.25, 0.3) is 0 Å². The van der Waals surface area contributed by atoms with Gasteiger partial charge in [-0.25, -0.2) is 8.42 Å². The fourth-order valence-corrected chi connectivity index (χ4v) is 5.06. The smallest absolute Gasteiger partial charge is 0.244 e. The molecule has 0 bridgehead atoms. The SMILES string of the molecule is COC1CCN(S(=O)(=O)c2cc(Br)ccc2Br)CC1. The van der Waals surface area contributed by atoms with Crippen LogP contribution in [0, 0.1) is 0 Å². The van der Waals surface area contributed by atoms with Gasteiger partial charge in [-0.2, -0.15) is 4.31 Å². The standard InChI is InChI=1S/C12H15Br2NO3S/c1-18-10-4-6-15(7-5-10)19(16,17)12-8-9(13)2-3-11(12)14/h2-3,8,10H,4-7H2,1H3. The normalized spacial score (nSPS) is 18.7. The molecule has 1 aliphatic rings. The highest BCUT2D eigenvalue weighted by atomic mass is 79.9. The summed E-state index contributed by atoms with van der Waals surface area (Å²) < 4.78 is 33.3. The largest absolute Gasteiger partial charge is 0.381 e. The van der Waals surface area contributed by atoms with Crippen LogP contribution in [0.25, 0.3) is 0 Å². The molecule has 0 radical (unpaired) electrons. The number of halogens is 2. The molecule has 1 aromatic rings. The van der Waals surface area contributed by atoms with E-state index in [0.717, 1.165) is 17.3 Å². The Labute approximate surface area is 130 Å². The van der Waals surface area contributed by atoms with E-state index >= 15 is 0 Å². The first-order valence-electron chi connectivity index (χ1n) is 5.93. The second-order valence-electron chi connectivity index (χ2n) is 4.41. The Kier molecular flexibility index (Phi) is 5.05. The van der Waals surface area contributed by atoms with Crippen molar-refractivity contribution in [2.24, 2.45) is 0 Å². The molecule has 1 fully saturated rings. The van der Waals surface area contributed by atoms with Gasteiger partial charge >= 0.3 is 0 Å². The van der Waals surface area contributed by atoms with Crippen LogP contribution in [0.15, 0.2) is 32.0 Å². The number of piperidine rings is 1. The molecule has 0 atom stereocenters. The molecule has 7 heteroatoms. The van der Waals surface area contributed by atoms with Gasteiger partial charge in [-0.3, -0.25) is 0 Å². The zero-order valence-corrected chi connectivity index (χ0v) is 14.5. The fraction of sp³-hybridized carbons (Fsp3) is 0.500. The van der Waals surface area contributed by atoms with Gasteiger partial charge in [0.2, 0.25) is 10.0 Å². The first-order chi connectivity index (χ1) is 8.95. The third-order valence-corrected chi connectivity index (χ3v) is 6.63. The Bertz CT molecular complexity index is 554. The zero-order valence-electron chi connectivity index (χ0n) is 10.5. The van der Waals surface area contributed by atoms with E-state index in [4.69, 9.17) is 4.74 Å². The van der Waals surface area contributed by atoms with Gasteiger partial charge in [0, 0.05) is 29.1 Å². The molecule has 0 aliphatic carbocycles. The quantitative estimate of drug-likeness (QED) is 0.766. The predicted molar refractivity (Wildman–Crippen MR) is 80.6 cm³/mol. The second kappa shape index (κ2) is 6.22. The van der Waals surface area contributed by atoms with Gasteiger partial charge in [0.1, 0.15) is 0 Å². The van der Waals surface area contributed by atoms with Crippen molar-refractivity contribution in [1.82, 2.24) is 4.31 Å². The summed E-state index contributed by atoms with van der Waals surface area (Å²) in [6.45, 7) is 1.000. The van der Waals surface area contributed by atoms with Gasteiger partial charge in [0.05, 0.1) is 11.0 Å². The van der Waals surface area contributed by atoms with E-state index in [-0.39, 0.29) is 6.10 Å². The summed E-state index contributed by atoms with van der Waals surface area (Å²) >= 11 is 6.62. The van der Waals surface area contributed by atoms with Crippen molar-refractivity contribution in [3.05, 3.63) is 27.1 Å². The van der Waals surface area contributed by atoms with Crippen LogP contribution >= 0.6 is 31.9 Å². The van der Waals surface area contributed by atoms with E-state index in [9.17, 15) is 8.42 Å². The summed E-state index contributed by atoms with van der Waals surface area (Å²) in [5, 5.41) is 0. The number of benzene rings is 1. The van der Waals surface area contributed by atoms with Crippen LogP contribution < -0.4 is 0 Å². The van der Waals surface area contributed by atoms with Gasteiger partial charge in [-0.15, -0.1) is 0 Å². The molecule has 0 N–H and O–H groups in total. The van der Waals surface area contributed by atoms with Gasteiger partial charge in [0.15, 0.2) is 0 Å². The van der Waals surface area contributed by atoms with Crippen molar-refractivity contribution < 1.29 is 13.2 Å². The highest BCUT2D eigenvalue weighted by molar-refractivity contribution is 9.11. The summed E-state index contributed by atoms with van der Waals surface area (Å²) in [5.41, 5.74) is 0. The third-order valence-electron chi connectivity index (χ3n) is 3.25. The van der Waals surface area contributed by atoms with E-state index < -0.39 is 10.0 Å². The summed E-state index contributed by atoms with van der Waals surface area (Å²) in [7, 11) is -1.78. The van der Waals surface area contributed by atoms with Gasteiger partial charge < -0.3 is 4.74 Å². The van der Waals surface area contributed by atoms with E-state index in [1.165, 1.54) is 4.31 Å². The highest BCUT2D eigenvalue weighted by Gasteiger charge is 2.30. The monoisotopic (exact) mass is 411 g/mol. The Hall–Kier alpha value is 0.0500. The maximum absolute atomic E-state index is 12.6. The third kappa shape index (κ3) is 3.39. The fourth-order valence-electron chi connectivity index (χ4n) is 2.12. The minimum Gasteiger partial charge on any atom is -0.381 e. The van der Waals surface area contributed by atoms with Crippen molar-refractivity contribution >= 4 is 41.9 Å². The maximum atomic E-state index is 12.6. The first-order valence-corrected chi connectivity index (χ1v) is 8.95. The lowest BCUT2D eigenvalue weighted by Gasteiger charge is -2.30. The lowest BCUT2D eigenvalue weighted by atomic mass is 10.1. The molecule has 0 saturated carbocycles. The van der Waals surface area contributed by atoms with Crippen molar-refractivity contribution in [2.75, 3.05) is 20.2 Å². The topological polar surface area (TPSA) is 46.6 Å². The van der Waals surface area contributed by atoms with Crippen molar-refractivity contribution in [3.63, 3.8) is 0 Å². The number of hydrogen-bond acceptors (Lipinski definition) is 3. The number of nitrogens with zero attached hydrogens (tertiary/aromatic N) is 1. The maximum Gasteiger partial charge on any atom is 0.244 e. The summed E-state index contributed by atoms with van der Waals surface area (Å²) in [4.78, 5) is 0.303. The Morgan fingerprint density at radius 3 is 2.47 bits per heavy atom. The van der Waals surface area contributed by atoms with Gasteiger partial charge in [-0.05, 0) is 47.0 Å². The highest BCUT2D eigenvalue weighted by Crippen LogP contribution is 2.29. The zero-order chi connectivity index (χ0) is 14.0. The van der Waals surface area contributed by atoms with Crippen molar-refractivity contribution in [1.29, 1.82) is 0 Å². The molecule has 1 heterocycles. The molecule has 106 valence electrons. The number of hydrogen-bond donors (Lipinski definition) is 0. The molecule has 0 aromatic heterocycles. The Morgan fingerprint density at radius 2 is 1.89 bits per heavy atom. The van der Waals surface area contributed by atoms with E-state index in [2.05, 4.69) is 31.9 Å². The van der Waals surface area contributed by atoms with Crippen LogP contribution in [0.1, 0.15) is 12.8 Å². The van der Waals surface area contributed by atoms with Crippen LogP contribution in [0.2, 0.25) is 0 Å². The molecular weight excluding hydrogens is 398 g/mol. The lowest BCUT2D eigenvalue weighted by Crippen LogP contribution is -2.40. The summed E-state index contributed by atoms with van der Waals surface area (Å²) in [5.74, 6) is 0. The molecule has 2 rings (SSSR count). The van der Waals surface area contributed by atoms with Crippen molar-refractivity contribution in [2.45, 2.75) is 23.8 Å². The molecule has 0 amide bonds. The summed E-state index contributed by atoms with van der Waals surface area (Å²) in [6.07, 6.45) is 1.64. The average molecular weight is 413 g/mol. The Morgan fingerprint density at radius 1 is 1.26 bits per heavy atom. The molecule has 1 aromatic carbocycles. The number of sulfonamides is 1. The molecule has 19 heavy (non-hydrogen) atoms. The first kappa shape index (κ1) is 15.4. The predicted octanol–water partition coefficient (Wildman–Crippen LogP) is 3.01. The molecule has 0 unspecified atom stereocenters. The molecule has 1 saturated heterocycles. The lowest BCUT2D eigenvalue weighted by molar-refractivity contribution is 0.0604. The van der Waals surface area contributed by atoms with E-state index in [1.807, 2.05) is 0 Å². The second-order valence-corrected chi connectivity index (χ2v) is 8.09.